The maximum absolute atomic E-state index is 12.5. The van der Waals surface area contributed by atoms with Gasteiger partial charge in [0.2, 0.25) is 0 Å². The molecule has 0 aromatic carbocycles. The van der Waals surface area contributed by atoms with E-state index in [-0.39, 0.29) is 23.6 Å². The molecule has 1 aliphatic rings. The topological polar surface area (TPSA) is 88.7 Å². The number of ether oxygens (including phenoxy) is 1. The van der Waals surface area contributed by atoms with Gasteiger partial charge in [-0.2, -0.15) is 0 Å². The summed E-state index contributed by atoms with van der Waals surface area (Å²) in [6.07, 6.45) is 1.11. The van der Waals surface area contributed by atoms with Crippen molar-refractivity contribution < 1.29 is 14.6 Å². The van der Waals surface area contributed by atoms with E-state index in [9.17, 15) is 9.90 Å². The van der Waals surface area contributed by atoms with Gasteiger partial charge in [0, 0.05) is 24.8 Å². The van der Waals surface area contributed by atoms with Crippen LogP contribution in [0.1, 0.15) is 29.9 Å². The fourth-order valence-electron chi connectivity index (χ4n) is 2.37. The summed E-state index contributed by atoms with van der Waals surface area (Å²) in [6, 6.07) is 3.28. The summed E-state index contributed by atoms with van der Waals surface area (Å²) in [5.41, 5.74) is 5.95. The molecule has 1 aromatic heterocycles. The standard InChI is InChI=1S/C14H19N3O3S/c1-14(2)8-17(6-10(7-18)20-14)13(19)11-4-3-9(5-16-11)12(15)21/h3-5,10,18H,6-8H2,1-2H3,(H2,15,21). The first kappa shape index (κ1) is 15.8. The van der Waals surface area contributed by atoms with Crippen molar-refractivity contribution in [2.45, 2.75) is 25.6 Å². The van der Waals surface area contributed by atoms with E-state index in [0.29, 0.717) is 24.3 Å². The molecule has 7 heteroatoms. The number of hydrogen-bond acceptors (Lipinski definition) is 5. The Bertz CT molecular complexity index is 545. The molecule has 0 radical (unpaired) electrons. The molecule has 0 saturated carbocycles. The van der Waals surface area contributed by atoms with Gasteiger partial charge in [-0.25, -0.2) is 0 Å². The van der Waals surface area contributed by atoms with Crippen molar-refractivity contribution in [2.75, 3.05) is 19.7 Å². The van der Waals surface area contributed by atoms with E-state index in [4.69, 9.17) is 22.7 Å². The number of thiocarbonyl (C=S) groups is 1. The number of aliphatic hydroxyl groups excluding tert-OH is 1. The molecule has 1 fully saturated rings. The van der Waals surface area contributed by atoms with Crippen LogP contribution in [0.2, 0.25) is 0 Å². The van der Waals surface area contributed by atoms with E-state index < -0.39 is 5.60 Å². The fraction of sp³-hybridized carbons (Fsp3) is 0.500. The van der Waals surface area contributed by atoms with E-state index >= 15 is 0 Å². The minimum absolute atomic E-state index is 0.124. The number of rotatable bonds is 3. The summed E-state index contributed by atoms with van der Waals surface area (Å²) in [5, 5.41) is 9.28. The predicted molar refractivity (Wildman–Crippen MR) is 82.1 cm³/mol. The quantitative estimate of drug-likeness (QED) is 0.782. The molecule has 0 spiro atoms. The Morgan fingerprint density at radius 1 is 1.62 bits per heavy atom. The van der Waals surface area contributed by atoms with Gasteiger partial charge in [-0.1, -0.05) is 12.2 Å². The molecule has 6 nitrogen and oxygen atoms in total. The lowest BCUT2D eigenvalue weighted by atomic mass is 10.0. The number of aliphatic hydroxyl groups is 1. The van der Waals surface area contributed by atoms with Crippen LogP contribution in [0, 0.1) is 0 Å². The second-order valence-electron chi connectivity index (χ2n) is 5.66. The monoisotopic (exact) mass is 309 g/mol. The van der Waals surface area contributed by atoms with Crippen molar-refractivity contribution in [1.82, 2.24) is 9.88 Å². The second kappa shape index (κ2) is 6.05. The summed E-state index contributed by atoms with van der Waals surface area (Å²) in [6.45, 7) is 4.44. The Kier molecular flexibility index (Phi) is 4.55. The fourth-order valence-corrected chi connectivity index (χ4v) is 2.49. The highest BCUT2D eigenvalue weighted by Crippen LogP contribution is 2.22. The van der Waals surface area contributed by atoms with Crippen LogP contribution in [0.15, 0.2) is 18.3 Å². The number of nitrogens with two attached hydrogens (primary N) is 1. The van der Waals surface area contributed by atoms with Crippen LogP contribution in [0.4, 0.5) is 0 Å². The molecule has 1 atom stereocenters. The number of morpholine rings is 1. The van der Waals surface area contributed by atoms with Gasteiger partial charge in [-0.05, 0) is 26.0 Å². The first-order valence-electron chi connectivity index (χ1n) is 6.66. The molecule has 1 unspecified atom stereocenters. The first-order valence-corrected chi connectivity index (χ1v) is 7.07. The zero-order chi connectivity index (χ0) is 15.6. The largest absolute Gasteiger partial charge is 0.394 e. The molecule has 1 saturated heterocycles. The average Bonchev–Trinajstić information content (AvgIpc) is 2.44. The second-order valence-corrected chi connectivity index (χ2v) is 6.10. The van der Waals surface area contributed by atoms with Gasteiger partial charge < -0.3 is 20.5 Å². The lowest BCUT2D eigenvalue weighted by Crippen LogP contribution is -2.55. The summed E-state index contributed by atoms with van der Waals surface area (Å²) in [7, 11) is 0. The van der Waals surface area contributed by atoms with Gasteiger partial charge in [0.25, 0.3) is 5.91 Å². The average molecular weight is 309 g/mol. The van der Waals surface area contributed by atoms with Crippen molar-refractivity contribution in [3.63, 3.8) is 0 Å². The predicted octanol–water partition coefficient (Wildman–Crippen LogP) is 0.328. The highest BCUT2D eigenvalue weighted by Gasteiger charge is 2.35. The first-order chi connectivity index (χ1) is 9.82. The van der Waals surface area contributed by atoms with E-state index in [1.807, 2.05) is 13.8 Å². The van der Waals surface area contributed by atoms with Crippen molar-refractivity contribution in [1.29, 1.82) is 0 Å². The number of carbonyl (C=O) groups is 1. The number of pyridine rings is 1. The third-order valence-corrected chi connectivity index (χ3v) is 3.48. The van der Waals surface area contributed by atoms with E-state index in [2.05, 4.69) is 4.98 Å². The SMILES string of the molecule is CC1(C)CN(C(=O)c2ccc(C(N)=S)cn2)CC(CO)O1. The highest BCUT2D eigenvalue weighted by molar-refractivity contribution is 7.80. The third-order valence-electron chi connectivity index (χ3n) is 3.24. The number of nitrogens with zero attached hydrogens (tertiary/aromatic N) is 2. The van der Waals surface area contributed by atoms with E-state index in [1.54, 1.807) is 17.0 Å². The van der Waals surface area contributed by atoms with Gasteiger partial charge in [0.05, 0.1) is 18.3 Å². The van der Waals surface area contributed by atoms with Crippen LogP contribution in [-0.2, 0) is 4.74 Å². The lowest BCUT2D eigenvalue weighted by Gasteiger charge is -2.42. The van der Waals surface area contributed by atoms with Crippen LogP contribution in [-0.4, -0.2) is 57.3 Å². The van der Waals surface area contributed by atoms with Crippen LogP contribution >= 0.6 is 12.2 Å². The molecule has 0 bridgehead atoms. The van der Waals surface area contributed by atoms with E-state index in [1.165, 1.54) is 6.20 Å². The van der Waals surface area contributed by atoms with Crippen LogP contribution in [0.5, 0.6) is 0 Å². The van der Waals surface area contributed by atoms with Gasteiger partial charge in [0.1, 0.15) is 10.7 Å². The smallest absolute Gasteiger partial charge is 0.272 e. The number of amides is 1. The van der Waals surface area contributed by atoms with Crippen LogP contribution in [0.25, 0.3) is 0 Å². The summed E-state index contributed by atoms with van der Waals surface area (Å²) >= 11 is 4.86. The molecule has 1 amide bonds. The van der Waals surface area contributed by atoms with Gasteiger partial charge in [0.15, 0.2) is 0 Å². The van der Waals surface area contributed by atoms with Crippen LogP contribution in [0.3, 0.4) is 0 Å². The molecular weight excluding hydrogens is 290 g/mol. The molecule has 2 rings (SSSR count). The lowest BCUT2D eigenvalue weighted by molar-refractivity contribution is -0.139. The van der Waals surface area contributed by atoms with Gasteiger partial charge >= 0.3 is 0 Å². The summed E-state index contributed by atoms with van der Waals surface area (Å²) in [4.78, 5) is 18.5. The molecule has 2 heterocycles. The Morgan fingerprint density at radius 3 is 2.86 bits per heavy atom. The Morgan fingerprint density at radius 2 is 2.33 bits per heavy atom. The molecule has 1 aromatic rings. The maximum atomic E-state index is 12.5. The molecule has 114 valence electrons. The Labute approximate surface area is 128 Å². The number of carbonyl (C=O) groups excluding carboxylic acids is 1. The summed E-state index contributed by atoms with van der Waals surface area (Å²) < 4.78 is 5.69. The molecule has 21 heavy (non-hydrogen) atoms. The third kappa shape index (κ3) is 3.75. The minimum Gasteiger partial charge on any atom is -0.394 e. The normalized spacial score (nSPS) is 21.1. The maximum Gasteiger partial charge on any atom is 0.272 e. The Hall–Kier alpha value is -1.57. The molecular formula is C14H19N3O3S. The number of hydrogen-bond donors (Lipinski definition) is 2. The molecule has 0 aliphatic carbocycles. The van der Waals surface area contributed by atoms with Crippen molar-refractivity contribution >= 4 is 23.1 Å². The summed E-state index contributed by atoms with van der Waals surface area (Å²) in [5.74, 6) is -0.195. The molecule has 3 N–H and O–H groups in total. The van der Waals surface area contributed by atoms with Crippen molar-refractivity contribution in [2.24, 2.45) is 5.73 Å². The van der Waals surface area contributed by atoms with Gasteiger partial charge in [-0.15, -0.1) is 0 Å². The van der Waals surface area contributed by atoms with Crippen molar-refractivity contribution in [3.05, 3.63) is 29.6 Å². The van der Waals surface area contributed by atoms with Crippen molar-refractivity contribution in [3.8, 4) is 0 Å². The zero-order valence-electron chi connectivity index (χ0n) is 12.1. The van der Waals surface area contributed by atoms with E-state index in [0.717, 1.165) is 0 Å². The highest BCUT2D eigenvalue weighted by atomic mass is 32.1. The van der Waals surface area contributed by atoms with Gasteiger partial charge in [-0.3, -0.25) is 9.78 Å². The Balaban J connectivity index is 2.16. The zero-order valence-corrected chi connectivity index (χ0v) is 12.9. The van der Waals surface area contributed by atoms with Crippen LogP contribution < -0.4 is 5.73 Å². The number of aromatic nitrogens is 1. The molecule has 1 aliphatic heterocycles. The minimum atomic E-state index is -0.500.